The van der Waals surface area contributed by atoms with Crippen molar-refractivity contribution in [3.05, 3.63) is 24.2 Å². The third kappa shape index (κ3) is 2.18. The number of carbonyl (C=O) groups is 1. The molecule has 0 radical (unpaired) electrons. The van der Waals surface area contributed by atoms with Crippen LogP contribution in [-0.4, -0.2) is 11.3 Å². The van der Waals surface area contributed by atoms with Gasteiger partial charge in [-0.25, -0.2) is 0 Å². The molecule has 0 spiro atoms. The zero-order chi connectivity index (χ0) is 9.90. The molecule has 1 heterocycles. The summed E-state index contributed by atoms with van der Waals surface area (Å²) in [5.74, 6) is -0.0527. The molecule has 1 unspecified atom stereocenters. The first-order valence-corrected chi connectivity index (χ1v) is 4.44. The lowest BCUT2D eigenvalue weighted by Crippen LogP contribution is -2.44. The molecule has 0 aromatic carbocycles. The summed E-state index contributed by atoms with van der Waals surface area (Å²) in [5.41, 5.74) is 5.66. The van der Waals surface area contributed by atoms with Crippen LogP contribution >= 0.6 is 0 Å². The summed E-state index contributed by atoms with van der Waals surface area (Å²) in [5, 5.41) is 0. The number of nitrogens with two attached hydrogens (primary N) is 1. The molecule has 1 atom stereocenters. The van der Waals surface area contributed by atoms with Gasteiger partial charge in [-0.3, -0.25) is 4.79 Å². The Hall–Kier alpha value is -1.09. The van der Waals surface area contributed by atoms with Gasteiger partial charge in [0.15, 0.2) is 5.78 Å². The highest BCUT2D eigenvalue weighted by Gasteiger charge is 2.28. The third-order valence-corrected chi connectivity index (χ3v) is 2.07. The minimum atomic E-state index is -0.765. The smallest absolute Gasteiger partial charge is 0.185 e. The molecule has 0 saturated carbocycles. The molecule has 13 heavy (non-hydrogen) atoms. The van der Waals surface area contributed by atoms with Gasteiger partial charge in [0.05, 0.1) is 17.4 Å². The second-order valence-corrected chi connectivity index (χ2v) is 3.51. The first-order valence-electron chi connectivity index (χ1n) is 4.44. The van der Waals surface area contributed by atoms with Gasteiger partial charge in [0.2, 0.25) is 0 Å². The van der Waals surface area contributed by atoms with Gasteiger partial charge in [-0.05, 0) is 19.4 Å². The fourth-order valence-corrected chi connectivity index (χ4v) is 1.36. The summed E-state index contributed by atoms with van der Waals surface area (Å²) < 4.78 is 4.83. The zero-order valence-corrected chi connectivity index (χ0v) is 8.04. The van der Waals surface area contributed by atoms with Gasteiger partial charge < -0.3 is 10.2 Å². The van der Waals surface area contributed by atoms with E-state index >= 15 is 0 Å². The van der Waals surface area contributed by atoms with Crippen molar-refractivity contribution >= 4 is 5.78 Å². The van der Waals surface area contributed by atoms with E-state index in [-0.39, 0.29) is 5.78 Å². The van der Waals surface area contributed by atoms with Crippen molar-refractivity contribution in [1.29, 1.82) is 0 Å². The highest BCUT2D eigenvalue weighted by atomic mass is 16.3. The summed E-state index contributed by atoms with van der Waals surface area (Å²) >= 11 is 0. The fourth-order valence-electron chi connectivity index (χ4n) is 1.36. The molecular formula is C10H15NO2. The maximum atomic E-state index is 11.7. The van der Waals surface area contributed by atoms with Crippen molar-refractivity contribution < 1.29 is 9.21 Å². The summed E-state index contributed by atoms with van der Waals surface area (Å²) in [6.45, 7) is 3.76. The van der Waals surface area contributed by atoms with Crippen LogP contribution in [0.15, 0.2) is 23.0 Å². The molecule has 1 aromatic rings. The highest BCUT2D eigenvalue weighted by Crippen LogP contribution is 2.16. The fraction of sp³-hybridized carbons (Fsp3) is 0.500. The van der Waals surface area contributed by atoms with Crippen molar-refractivity contribution in [3.8, 4) is 0 Å². The lowest BCUT2D eigenvalue weighted by molar-refractivity contribution is 0.0892. The monoisotopic (exact) mass is 181 g/mol. The van der Waals surface area contributed by atoms with Gasteiger partial charge in [0, 0.05) is 0 Å². The van der Waals surface area contributed by atoms with Crippen LogP contribution in [-0.2, 0) is 0 Å². The van der Waals surface area contributed by atoms with Gasteiger partial charge in [0.25, 0.3) is 0 Å². The molecule has 0 aliphatic carbocycles. The second kappa shape index (κ2) is 3.75. The normalized spacial score (nSPS) is 15.3. The van der Waals surface area contributed by atoms with Gasteiger partial charge in [-0.15, -0.1) is 0 Å². The Kier molecular flexibility index (Phi) is 2.88. The molecule has 72 valence electrons. The van der Waals surface area contributed by atoms with E-state index in [0.29, 0.717) is 12.0 Å². The quantitative estimate of drug-likeness (QED) is 0.722. The van der Waals surface area contributed by atoms with Crippen LogP contribution in [0.5, 0.6) is 0 Å². The molecule has 3 heteroatoms. The van der Waals surface area contributed by atoms with E-state index < -0.39 is 5.54 Å². The molecule has 1 rings (SSSR count). The number of ketones is 1. The summed E-state index contributed by atoms with van der Waals surface area (Å²) in [6.07, 6.45) is 4.51. The number of carbonyl (C=O) groups excluding carboxylic acids is 1. The molecule has 0 amide bonds. The van der Waals surface area contributed by atoms with Gasteiger partial charge in [-0.2, -0.15) is 0 Å². The van der Waals surface area contributed by atoms with E-state index in [9.17, 15) is 4.79 Å². The number of rotatable bonds is 4. The van der Waals surface area contributed by atoms with Crippen LogP contribution in [0.25, 0.3) is 0 Å². The molecule has 1 aromatic heterocycles. The minimum absolute atomic E-state index is 0.0527. The zero-order valence-electron chi connectivity index (χ0n) is 8.04. The number of hydrogen-bond acceptors (Lipinski definition) is 3. The average molecular weight is 181 g/mol. The van der Waals surface area contributed by atoms with Crippen LogP contribution in [0.4, 0.5) is 0 Å². The van der Waals surface area contributed by atoms with E-state index in [2.05, 4.69) is 0 Å². The molecule has 3 nitrogen and oxygen atoms in total. The lowest BCUT2D eigenvalue weighted by atomic mass is 9.89. The molecule has 0 saturated heterocycles. The molecule has 0 aliphatic rings. The van der Waals surface area contributed by atoms with Crippen molar-refractivity contribution in [1.82, 2.24) is 0 Å². The number of furan rings is 1. The van der Waals surface area contributed by atoms with E-state index in [4.69, 9.17) is 10.2 Å². The molecule has 0 fully saturated rings. The highest BCUT2D eigenvalue weighted by molar-refractivity contribution is 6.02. The predicted molar refractivity (Wildman–Crippen MR) is 50.5 cm³/mol. The van der Waals surface area contributed by atoms with Crippen molar-refractivity contribution in [3.63, 3.8) is 0 Å². The lowest BCUT2D eigenvalue weighted by Gasteiger charge is -2.21. The predicted octanol–water partition coefficient (Wildman–Crippen LogP) is 1.98. The third-order valence-electron chi connectivity index (χ3n) is 2.07. The maximum absolute atomic E-state index is 11.7. The number of hydrogen-bond donors (Lipinski definition) is 1. The summed E-state index contributed by atoms with van der Waals surface area (Å²) in [7, 11) is 0. The Labute approximate surface area is 77.9 Å². The summed E-state index contributed by atoms with van der Waals surface area (Å²) in [4.78, 5) is 11.7. The largest absolute Gasteiger partial charge is 0.472 e. The Morgan fingerprint density at radius 2 is 2.38 bits per heavy atom. The standard InChI is InChI=1S/C10H15NO2/c1-3-5-10(2,11)9(12)8-4-6-13-7-8/h4,6-7H,3,5,11H2,1-2H3. The Morgan fingerprint density at radius 3 is 2.85 bits per heavy atom. The molecule has 0 bridgehead atoms. The molecular weight excluding hydrogens is 166 g/mol. The first kappa shape index (κ1) is 9.99. The van der Waals surface area contributed by atoms with Crippen LogP contribution < -0.4 is 5.73 Å². The Morgan fingerprint density at radius 1 is 1.69 bits per heavy atom. The van der Waals surface area contributed by atoms with E-state index in [1.54, 1.807) is 13.0 Å². The van der Waals surface area contributed by atoms with Crippen LogP contribution in [0, 0.1) is 0 Å². The second-order valence-electron chi connectivity index (χ2n) is 3.51. The van der Waals surface area contributed by atoms with Crippen LogP contribution in [0.1, 0.15) is 37.0 Å². The molecule has 2 N–H and O–H groups in total. The topological polar surface area (TPSA) is 56.2 Å². The average Bonchev–Trinajstić information content (AvgIpc) is 2.54. The number of Topliss-reactive ketones (excluding diaryl/α,β-unsaturated/α-hetero) is 1. The minimum Gasteiger partial charge on any atom is -0.472 e. The maximum Gasteiger partial charge on any atom is 0.185 e. The van der Waals surface area contributed by atoms with Crippen molar-refractivity contribution in [2.24, 2.45) is 5.73 Å². The Balaban J connectivity index is 2.78. The van der Waals surface area contributed by atoms with E-state index in [1.807, 2.05) is 6.92 Å². The van der Waals surface area contributed by atoms with Crippen molar-refractivity contribution in [2.75, 3.05) is 0 Å². The van der Waals surface area contributed by atoms with Gasteiger partial charge in [0.1, 0.15) is 6.26 Å². The Bertz CT molecular complexity index is 275. The van der Waals surface area contributed by atoms with Crippen LogP contribution in [0.2, 0.25) is 0 Å². The van der Waals surface area contributed by atoms with Crippen LogP contribution in [0.3, 0.4) is 0 Å². The first-order chi connectivity index (χ1) is 6.08. The van der Waals surface area contributed by atoms with Gasteiger partial charge >= 0.3 is 0 Å². The van der Waals surface area contributed by atoms with Crippen molar-refractivity contribution in [2.45, 2.75) is 32.2 Å². The van der Waals surface area contributed by atoms with E-state index in [0.717, 1.165) is 6.42 Å². The van der Waals surface area contributed by atoms with E-state index in [1.165, 1.54) is 12.5 Å². The summed E-state index contributed by atoms with van der Waals surface area (Å²) in [6, 6.07) is 1.64. The van der Waals surface area contributed by atoms with Gasteiger partial charge in [-0.1, -0.05) is 13.3 Å². The molecule has 0 aliphatic heterocycles. The SMILES string of the molecule is CCCC(C)(N)C(=O)c1ccoc1.